The average molecular weight is 487 g/mol. The summed E-state index contributed by atoms with van der Waals surface area (Å²) >= 11 is 1.83. The predicted octanol–water partition coefficient (Wildman–Crippen LogP) is 5.85. The van der Waals surface area contributed by atoms with Crippen molar-refractivity contribution in [3.63, 3.8) is 0 Å². The van der Waals surface area contributed by atoms with Gasteiger partial charge < -0.3 is 5.11 Å². The quantitative estimate of drug-likeness (QED) is 0.329. The second-order valence-electron chi connectivity index (χ2n) is 9.25. The first-order chi connectivity index (χ1) is 15.9. The first-order valence-corrected chi connectivity index (χ1v) is 14.2. The molecule has 6 heteroatoms. The summed E-state index contributed by atoms with van der Waals surface area (Å²) in [5, 5.41) is 9.97. The zero-order chi connectivity index (χ0) is 23.6. The third-order valence-electron chi connectivity index (χ3n) is 6.22. The Hall–Kier alpha value is -1.60. The number of benzene rings is 2. The highest BCUT2D eigenvalue weighted by molar-refractivity contribution is 7.97. The molecule has 180 valence electrons. The minimum atomic E-state index is -1.12. The van der Waals surface area contributed by atoms with Crippen LogP contribution >= 0.6 is 11.9 Å². The maximum Gasteiger partial charge on any atom is 0.115 e. The van der Waals surface area contributed by atoms with Crippen LogP contribution in [0.3, 0.4) is 0 Å². The lowest BCUT2D eigenvalue weighted by atomic mass is 9.80. The molecule has 0 heterocycles. The summed E-state index contributed by atoms with van der Waals surface area (Å²) in [6.07, 6.45) is 6.89. The minimum absolute atomic E-state index is 0.230. The van der Waals surface area contributed by atoms with Crippen molar-refractivity contribution < 1.29 is 9.32 Å². The third kappa shape index (κ3) is 8.93. The van der Waals surface area contributed by atoms with Gasteiger partial charge in [-0.25, -0.2) is 8.93 Å². The molecule has 0 fully saturated rings. The molecule has 3 rings (SSSR count). The molecule has 2 aromatic rings. The van der Waals surface area contributed by atoms with Crippen LogP contribution in [0.5, 0.6) is 5.75 Å². The number of hydrogen-bond acceptors (Lipinski definition) is 4. The van der Waals surface area contributed by atoms with Crippen LogP contribution in [-0.4, -0.2) is 27.7 Å². The van der Waals surface area contributed by atoms with Gasteiger partial charge >= 0.3 is 0 Å². The van der Waals surface area contributed by atoms with Gasteiger partial charge in [-0.3, -0.25) is 4.72 Å². The molecule has 0 saturated carbocycles. The zero-order valence-corrected chi connectivity index (χ0v) is 21.7. The van der Waals surface area contributed by atoms with Crippen LogP contribution < -0.4 is 9.44 Å². The Morgan fingerprint density at radius 1 is 1.06 bits per heavy atom. The highest BCUT2D eigenvalue weighted by atomic mass is 32.2. The fraction of sp³-hybridized carbons (Fsp3) is 0.481. The van der Waals surface area contributed by atoms with Crippen LogP contribution in [0, 0.1) is 11.8 Å². The molecule has 3 N–H and O–H groups in total. The minimum Gasteiger partial charge on any atom is -0.508 e. The molecular formula is C27H38N2O2S2. The maximum absolute atomic E-state index is 12.2. The van der Waals surface area contributed by atoms with Gasteiger partial charge in [0.15, 0.2) is 0 Å². The molecule has 0 aromatic heterocycles. The van der Waals surface area contributed by atoms with E-state index in [-0.39, 0.29) is 5.75 Å². The van der Waals surface area contributed by atoms with E-state index in [9.17, 15) is 9.32 Å². The van der Waals surface area contributed by atoms with Gasteiger partial charge in [-0.1, -0.05) is 75.2 Å². The average Bonchev–Trinajstić information content (AvgIpc) is 2.81. The number of nitrogens with one attached hydrogen (secondary N) is 2. The SMILES string of the molecule is CC(C)SNCC(C)C1CC=C(c2ccc(CCNS(=O)Cc3ccc(O)cc3)cc2)CC1. The van der Waals surface area contributed by atoms with Crippen molar-refractivity contribution in [2.45, 2.75) is 57.5 Å². The summed E-state index contributed by atoms with van der Waals surface area (Å²) in [6, 6.07) is 15.7. The van der Waals surface area contributed by atoms with E-state index in [0.717, 1.165) is 30.9 Å². The number of aromatic hydroxyl groups is 1. The molecule has 0 spiro atoms. The van der Waals surface area contributed by atoms with Crippen LogP contribution in [0.4, 0.5) is 0 Å². The molecule has 3 atom stereocenters. The van der Waals surface area contributed by atoms with E-state index in [1.807, 2.05) is 11.9 Å². The molecule has 1 aliphatic rings. The lowest BCUT2D eigenvalue weighted by Crippen LogP contribution is -2.24. The largest absolute Gasteiger partial charge is 0.508 e. The van der Waals surface area contributed by atoms with Gasteiger partial charge in [-0.05, 0) is 71.9 Å². The lowest BCUT2D eigenvalue weighted by Gasteiger charge is -2.28. The fourth-order valence-electron chi connectivity index (χ4n) is 4.14. The van der Waals surface area contributed by atoms with E-state index in [2.05, 4.69) is 60.6 Å². The van der Waals surface area contributed by atoms with Gasteiger partial charge in [0.2, 0.25) is 0 Å². The Bertz CT molecular complexity index is 911. The molecule has 1 aliphatic carbocycles. The standard InChI is InChI=1S/C27H38N2O2S2/c1-20(2)32-28-18-21(3)24-10-12-26(13-11-24)25-8-4-22(5-9-25)16-17-29-33(31)19-23-6-14-27(30)15-7-23/h4-9,12,14-15,20-21,24,28-30H,10-11,13,16-19H2,1-3H3. The summed E-state index contributed by atoms with van der Waals surface area (Å²) in [5.41, 5.74) is 5.01. The molecule has 2 aromatic carbocycles. The van der Waals surface area contributed by atoms with Gasteiger partial charge in [-0.15, -0.1) is 0 Å². The van der Waals surface area contributed by atoms with E-state index in [0.29, 0.717) is 23.5 Å². The smallest absolute Gasteiger partial charge is 0.115 e. The van der Waals surface area contributed by atoms with E-state index in [1.54, 1.807) is 24.3 Å². The van der Waals surface area contributed by atoms with Crippen molar-refractivity contribution in [3.05, 3.63) is 71.3 Å². The number of allylic oxidation sites excluding steroid dienone is 2. The molecule has 0 aliphatic heterocycles. The van der Waals surface area contributed by atoms with Crippen molar-refractivity contribution in [2.75, 3.05) is 13.1 Å². The summed E-state index contributed by atoms with van der Waals surface area (Å²) < 4.78 is 18.9. The van der Waals surface area contributed by atoms with Crippen LogP contribution in [0.2, 0.25) is 0 Å². The Morgan fingerprint density at radius 2 is 1.76 bits per heavy atom. The number of hydrogen-bond donors (Lipinski definition) is 3. The zero-order valence-electron chi connectivity index (χ0n) is 20.0. The van der Waals surface area contributed by atoms with E-state index in [4.69, 9.17) is 0 Å². The number of phenols is 1. The third-order valence-corrected chi connectivity index (χ3v) is 8.14. The van der Waals surface area contributed by atoms with Gasteiger partial charge in [0.25, 0.3) is 0 Å². The van der Waals surface area contributed by atoms with Gasteiger partial charge in [0.05, 0.1) is 16.7 Å². The van der Waals surface area contributed by atoms with Crippen molar-refractivity contribution >= 4 is 28.5 Å². The van der Waals surface area contributed by atoms with Gasteiger partial charge in [-0.2, -0.15) is 0 Å². The highest BCUT2D eigenvalue weighted by Gasteiger charge is 2.21. The van der Waals surface area contributed by atoms with Gasteiger partial charge in [0, 0.05) is 18.3 Å². The monoisotopic (exact) mass is 486 g/mol. The second-order valence-corrected chi connectivity index (χ2v) is 12.0. The second kappa shape index (κ2) is 13.3. The first kappa shape index (κ1) is 26.0. The highest BCUT2D eigenvalue weighted by Crippen LogP contribution is 2.34. The van der Waals surface area contributed by atoms with Gasteiger partial charge in [0.1, 0.15) is 5.75 Å². The van der Waals surface area contributed by atoms with Crippen LogP contribution in [0.25, 0.3) is 5.57 Å². The summed E-state index contributed by atoms with van der Waals surface area (Å²) in [6.45, 7) is 8.58. The van der Waals surface area contributed by atoms with Crippen LogP contribution in [-0.2, 0) is 23.2 Å². The molecule has 0 amide bonds. The molecule has 0 radical (unpaired) electrons. The molecule has 0 bridgehead atoms. The molecule has 3 unspecified atom stereocenters. The Balaban J connectivity index is 1.40. The van der Waals surface area contributed by atoms with E-state index in [1.165, 1.54) is 29.5 Å². The normalized spacial score (nSPS) is 18.2. The van der Waals surface area contributed by atoms with Crippen molar-refractivity contribution in [3.8, 4) is 5.75 Å². The summed E-state index contributed by atoms with van der Waals surface area (Å²) in [5.74, 6) is 2.14. The Kier molecular flexibility index (Phi) is 10.5. The Labute approximate surface area is 206 Å². The fourth-order valence-corrected chi connectivity index (χ4v) is 5.76. The Morgan fingerprint density at radius 3 is 2.39 bits per heavy atom. The first-order valence-electron chi connectivity index (χ1n) is 12.0. The summed E-state index contributed by atoms with van der Waals surface area (Å²) in [7, 11) is -1.12. The summed E-state index contributed by atoms with van der Waals surface area (Å²) in [4.78, 5) is 0. The van der Waals surface area contributed by atoms with Crippen molar-refractivity contribution in [2.24, 2.45) is 11.8 Å². The van der Waals surface area contributed by atoms with Crippen LogP contribution in [0.1, 0.15) is 56.7 Å². The lowest BCUT2D eigenvalue weighted by molar-refractivity contribution is 0.336. The van der Waals surface area contributed by atoms with Crippen molar-refractivity contribution in [1.82, 2.24) is 9.44 Å². The maximum atomic E-state index is 12.2. The molecular weight excluding hydrogens is 448 g/mol. The van der Waals surface area contributed by atoms with E-state index >= 15 is 0 Å². The molecule has 33 heavy (non-hydrogen) atoms. The van der Waals surface area contributed by atoms with E-state index < -0.39 is 11.0 Å². The predicted molar refractivity (Wildman–Crippen MR) is 143 cm³/mol. The molecule has 0 saturated heterocycles. The van der Waals surface area contributed by atoms with Crippen LogP contribution in [0.15, 0.2) is 54.6 Å². The molecule has 4 nitrogen and oxygen atoms in total. The number of phenolic OH excluding ortho intramolecular Hbond substituents is 1. The van der Waals surface area contributed by atoms with Crippen molar-refractivity contribution in [1.29, 1.82) is 0 Å². The number of rotatable bonds is 12. The topological polar surface area (TPSA) is 61.4 Å².